The minimum Gasteiger partial charge on any atom is -0.459 e. The summed E-state index contributed by atoms with van der Waals surface area (Å²) in [4.78, 5) is 24.2. The maximum Gasteiger partial charge on any atom is 0.287 e. The summed E-state index contributed by atoms with van der Waals surface area (Å²) in [6.07, 6.45) is 3.78. The van der Waals surface area contributed by atoms with E-state index in [2.05, 4.69) is 33.4 Å². The van der Waals surface area contributed by atoms with Gasteiger partial charge in [0.1, 0.15) is 5.82 Å². The van der Waals surface area contributed by atoms with Gasteiger partial charge in [0, 0.05) is 36.3 Å². The van der Waals surface area contributed by atoms with Crippen LogP contribution in [0.5, 0.6) is 0 Å². The summed E-state index contributed by atoms with van der Waals surface area (Å²) in [6, 6.07) is 16.3. The van der Waals surface area contributed by atoms with Gasteiger partial charge >= 0.3 is 0 Å². The van der Waals surface area contributed by atoms with Crippen molar-refractivity contribution in [3.8, 4) is 11.3 Å². The zero-order valence-electron chi connectivity index (χ0n) is 17.1. The summed E-state index contributed by atoms with van der Waals surface area (Å²) in [7, 11) is 0. The van der Waals surface area contributed by atoms with Crippen LogP contribution < -0.4 is 5.32 Å². The molecule has 3 aliphatic rings. The van der Waals surface area contributed by atoms with Gasteiger partial charge in [-0.05, 0) is 50.4 Å². The summed E-state index contributed by atoms with van der Waals surface area (Å²) in [5.74, 6) is 2.05. The number of nitrogens with one attached hydrogen (secondary N) is 1. The van der Waals surface area contributed by atoms with Crippen molar-refractivity contribution in [1.29, 1.82) is 0 Å². The number of carbonyl (C=O) groups is 1. The number of aryl methyl sites for hydroxylation is 1. The van der Waals surface area contributed by atoms with E-state index in [1.807, 2.05) is 25.1 Å². The smallest absolute Gasteiger partial charge is 0.287 e. The van der Waals surface area contributed by atoms with Gasteiger partial charge in [0.05, 0.1) is 12.0 Å². The molecule has 0 aliphatic carbocycles. The van der Waals surface area contributed by atoms with Crippen LogP contribution in [-0.2, 0) is 0 Å². The van der Waals surface area contributed by atoms with E-state index in [-0.39, 0.29) is 5.91 Å². The molecule has 6 nitrogen and oxygen atoms in total. The molecule has 0 spiro atoms. The monoisotopic (exact) mass is 402 g/mol. The van der Waals surface area contributed by atoms with Gasteiger partial charge in [0.2, 0.25) is 0 Å². The van der Waals surface area contributed by atoms with E-state index >= 15 is 0 Å². The predicted octanol–water partition coefficient (Wildman–Crippen LogP) is 3.65. The van der Waals surface area contributed by atoms with Crippen LogP contribution in [0.3, 0.4) is 0 Å². The van der Waals surface area contributed by atoms with Gasteiger partial charge in [-0.3, -0.25) is 9.69 Å². The molecule has 3 aliphatic heterocycles. The van der Waals surface area contributed by atoms with Crippen molar-refractivity contribution in [2.45, 2.75) is 31.7 Å². The third-order valence-corrected chi connectivity index (χ3v) is 6.43. The van der Waals surface area contributed by atoms with Crippen LogP contribution in [0.25, 0.3) is 11.3 Å². The van der Waals surface area contributed by atoms with Crippen LogP contribution in [0, 0.1) is 12.8 Å². The molecule has 30 heavy (non-hydrogen) atoms. The van der Waals surface area contributed by atoms with Gasteiger partial charge in [-0.25, -0.2) is 9.97 Å². The number of aromatic nitrogens is 2. The molecule has 1 N–H and O–H groups in total. The van der Waals surface area contributed by atoms with Crippen molar-refractivity contribution < 1.29 is 9.21 Å². The van der Waals surface area contributed by atoms with Gasteiger partial charge in [0.25, 0.3) is 5.91 Å². The van der Waals surface area contributed by atoms with Gasteiger partial charge in [0.15, 0.2) is 5.76 Å². The fourth-order valence-corrected chi connectivity index (χ4v) is 4.93. The second-order valence-electron chi connectivity index (χ2n) is 8.32. The Morgan fingerprint density at radius 2 is 2.07 bits per heavy atom. The van der Waals surface area contributed by atoms with Gasteiger partial charge < -0.3 is 9.73 Å². The number of rotatable bonds is 5. The lowest BCUT2D eigenvalue weighted by molar-refractivity contribution is 0.0288. The van der Waals surface area contributed by atoms with Crippen LogP contribution in [0.2, 0.25) is 0 Å². The van der Waals surface area contributed by atoms with Crippen LogP contribution in [0.15, 0.2) is 59.2 Å². The molecule has 6 rings (SSSR count). The van der Waals surface area contributed by atoms with Crippen LogP contribution in [0.1, 0.15) is 40.8 Å². The van der Waals surface area contributed by atoms with E-state index in [9.17, 15) is 4.79 Å². The number of hydrogen-bond donors (Lipinski definition) is 1. The molecule has 3 fully saturated rings. The van der Waals surface area contributed by atoms with Gasteiger partial charge in [-0.1, -0.05) is 30.3 Å². The molecular weight excluding hydrogens is 376 g/mol. The summed E-state index contributed by atoms with van der Waals surface area (Å²) in [5.41, 5.74) is 3.27. The van der Waals surface area contributed by atoms with E-state index in [1.165, 1.54) is 12.7 Å². The molecule has 1 amide bonds. The molecule has 4 atom stereocenters. The number of hydrogen-bond acceptors (Lipinski definition) is 5. The molecular formula is C24H26N4O2. The van der Waals surface area contributed by atoms with Crippen molar-refractivity contribution in [2.75, 3.05) is 19.6 Å². The van der Waals surface area contributed by atoms with Crippen molar-refractivity contribution in [1.82, 2.24) is 20.2 Å². The van der Waals surface area contributed by atoms with Crippen LogP contribution in [0.4, 0.5) is 0 Å². The number of fused-ring (bicyclic) bond motifs is 3. The molecule has 3 aromatic rings. The molecule has 0 radical (unpaired) electrons. The second kappa shape index (κ2) is 8.03. The highest BCUT2D eigenvalue weighted by molar-refractivity contribution is 5.91. The molecule has 3 saturated heterocycles. The third-order valence-electron chi connectivity index (χ3n) is 6.43. The molecule has 154 valence electrons. The Morgan fingerprint density at radius 1 is 1.20 bits per heavy atom. The number of carbonyl (C=O) groups excluding carboxylic acids is 1. The fourth-order valence-electron chi connectivity index (χ4n) is 4.93. The first kappa shape index (κ1) is 19.0. The van der Waals surface area contributed by atoms with E-state index in [0.29, 0.717) is 30.2 Å². The summed E-state index contributed by atoms with van der Waals surface area (Å²) in [5, 5.41) is 3.03. The Balaban J connectivity index is 1.29. The molecule has 1 aromatic carbocycles. The zero-order chi connectivity index (χ0) is 20.5. The molecule has 2 bridgehead atoms. The van der Waals surface area contributed by atoms with Crippen molar-refractivity contribution >= 4 is 5.91 Å². The number of benzene rings is 1. The van der Waals surface area contributed by atoms with E-state index in [0.717, 1.165) is 42.3 Å². The summed E-state index contributed by atoms with van der Waals surface area (Å²) >= 11 is 0. The highest BCUT2D eigenvalue weighted by Crippen LogP contribution is 2.41. The number of furan rings is 1. The average molecular weight is 402 g/mol. The lowest BCUT2D eigenvalue weighted by Gasteiger charge is -2.49. The Labute approximate surface area is 176 Å². The molecule has 6 heteroatoms. The SMILES string of the molecule is Cc1nc(-c2ccccc2)cc([C@@H]2CN3CC[C@H]2C[C@@H]3CNC(=O)c2ccco2)n1. The largest absolute Gasteiger partial charge is 0.459 e. The molecule has 1 unspecified atom stereocenters. The second-order valence-corrected chi connectivity index (χ2v) is 8.32. The summed E-state index contributed by atoms with van der Waals surface area (Å²) < 4.78 is 5.19. The minimum atomic E-state index is -0.141. The lowest BCUT2D eigenvalue weighted by atomic mass is 9.74. The zero-order valence-corrected chi connectivity index (χ0v) is 17.1. The van der Waals surface area contributed by atoms with E-state index in [1.54, 1.807) is 12.1 Å². The first-order chi connectivity index (χ1) is 14.7. The first-order valence-corrected chi connectivity index (χ1v) is 10.6. The highest BCUT2D eigenvalue weighted by Gasteiger charge is 2.41. The maximum absolute atomic E-state index is 12.2. The van der Waals surface area contributed by atoms with Gasteiger partial charge in [-0.2, -0.15) is 0 Å². The average Bonchev–Trinajstić information content (AvgIpc) is 3.33. The highest BCUT2D eigenvalue weighted by atomic mass is 16.3. The van der Waals surface area contributed by atoms with Crippen LogP contribution >= 0.6 is 0 Å². The Bertz CT molecular complexity index is 1020. The Kier molecular flexibility index (Phi) is 5.09. The minimum absolute atomic E-state index is 0.141. The standard InChI is InChI=1S/C24H26N4O2/c1-16-26-21(17-6-3-2-4-7-17)13-22(27-16)20-15-28-10-9-18(20)12-19(28)14-25-24(29)23-8-5-11-30-23/h2-8,11,13,18-20H,9-10,12,14-15H2,1H3,(H,25,29)/t18-,19+,20+/m0/s1. The normalized spacial score (nSPS) is 25.2. The first-order valence-electron chi connectivity index (χ1n) is 10.6. The summed E-state index contributed by atoms with van der Waals surface area (Å²) in [6.45, 7) is 4.69. The van der Waals surface area contributed by atoms with Crippen molar-refractivity contribution in [3.05, 3.63) is 72.1 Å². The Morgan fingerprint density at radius 3 is 2.80 bits per heavy atom. The predicted molar refractivity (Wildman–Crippen MR) is 114 cm³/mol. The third kappa shape index (κ3) is 3.75. The number of nitrogens with zero attached hydrogens (tertiary/aromatic N) is 3. The number of piperidine rings is 3. The Hall–Kier alpha value is -2.99. The lowest BCUT2D eigenvalue weighted by Crippen LogP contribution is -2.56. The molecule has 5 heterocycles. The fraction of sp³-hybridized carbons (Fsp3) is 0.375. The van der Waals surface area contributed by atoms with E-state index in [4.69, 9.17) is 9.40 Å². The number of amides is 1. The van der Waals surface area contributed by atoms with Gasteiger partial charge in [-0.15, -0.1) is 0 Å². The molecule has 0 saturated carbocycles. The maximum atomic E-state index is 12.2. The topological polar surface area (TPSA) is 71.3 Å². The van der Waals surface area contributed by atoms with E-state index < -0.39 is 0 Å². The van der Waals surface area contributed by atoms with Crippen molar-refractivity contribution in [2.24, 2.45) is 5.92 Å². The van der Waals surface area contributed by atoms with Crippen molar-refractivity contribution in [3.63, 3.8) is 0 Å². The quantitative estimate of drug-likeness (QED) is 0.705. The van der Waals surface area contributed by atoms with Crippen LogP contribution in [-0.4, -0.2) is 46.5 Å². The molecule has 2 aromatic heterocycles.